The van der Waals surface area contributed by atoms with Gasteiger partial charge in [-0.3, -0.25) is 9.59 Å². The molecule has 0 aromatic rings. The Bertz CT molecular complexity index is 310. The van der Waals surface area contributed by atoms with E-state index in [4.69, 9.17) is 5.73 Å². The first-order valence-corrected chi connectivity index (χ1v) is 5.88. The van der Waals surface area contributed by atoms with Crippen molar-refractivity contribution in [2.45, 2.75) is 43.7 Å². The number of hydrogen-bond acceptors (Lipinski definition) is 3. The van der Waals surface area contributed by atoms with E-state index in [0.29, 0.717) is 13.0 Å². The lowest BCUT2D eigenvalue weighted by atomic mass is 9.97. The zero-order valence-electron chi connectivity index (χ0n) is 9.66. The number of nitrogens with two attached hydrogens (primary N) is 1. The molecule has 1 unspecified atom stereocenters. The van der Waals surface area contributed by atoms with Crippen molar-refractivity contribution in [2.75, 3.05) is 13.6 Å². The summed E-state index contributed by atoms with van der Waals surface area (Å²) in [5.74, 6) is -0.159. The molecule has 1 saturated carbocycles. The summed E-state index contributed by atoms with van der Waals surface area (Å²) in [4.78, 5) is 25.2. The van der Waals surface area contributed by atoms with Gasteiger partial charge in [0.05, 0.1) is 5.54 Å². The van der Waals surface area contributed by atoms with Crippen LogP contribution in [0.15, 0.2) is 0 Å². The second-order valence-corrected chi connectivity index (χ2v) is 4.94. The largest absolute Gasteiger partial charge is 0.344 e. The SMILES string of the molecule is CN1CCC(NC(=O)C2(N)CCCC2)C1=O. The maximum absolute atomic E-state index is 12.0. The summed E-state index contributed by atoms with van der Waals surface area (Å²) in [5.41, 5.74) is 5.29. The molecule has 2 amide bonds. The van der Waals surface area contributed by atoms with Gasteiger partial charge in [0.1, 0.15) is 6.04 Å². The third-order valence-corrected chi connectivity index (χ3v) is 3.68. The van der Waals surface area contributed by atoms with Gasteiger partial charge in [-0.15, -0.1) is 0 Å². The van der Waals surface area contributed by atoms with Crippen molar-refractivity contribution < 1.29 is 9.59 Å². The van der Waals surface area contributed by atoms with Gasteiger partial charge in [-0.05, 0) is 19.3 Å². The van der Waals surface area contributed by atoms with Crippen LogP contribution < -0.4 is 11.1 Å². The van der Waals surface area contributed by atoms with Gasteiger partial charge in [0.25, 0.3) is 0 Å². The molecule has 1 heterocycles. The Morgan fingerprint density at radius 2 is 2.12 bits per heavy atom. The Labute approximate surface area is 95.3 Å². The third-order valence-electron chi connectivity index (χ3n) is 3.68. The Morgan fingerprint density at radius 3 is 2.62 bits per heavy atom. The standard InChI is InChI=1S/C11H19N3O2/c1-14-7-4-8(9(14)15)13-10(16)11(12)5-2-3-6-11/h8H,2-7,12H2,1H3,(H,13,16). The first-order valence-electron chi connectivity index (χ1n) is 5.88. The Hall–Kier alpha value is -1.10. The van der Waals surface area contributed by atoms with Crippen LogP contribution in [0.4, 0.5) is 0 Å². The summed E-state index contributed by atoms with van der Waals surface area (Å²) < 4.78 is 0. The molecule has 2 fully saturated rings. The fourth-order valence-electron chi connectivity index (χ4n) is 2.49. The predicted octanol–water partition coefficient (Wildman–Crippen LogP) is -0.395. The molecule has 1 saturated heterocycles. The minimum atomic E-state index is -0.735. The fraction of sp³-hybridized carbons (Fsp3) is 0.818. The normalized spacial score (nSPS) is 28.5. The maximum atomic E-state index is 12.0. The number of amides is 2. The number of carbonyl (C=O) groups is 2. The maximum Gasteiger partial charge on any atom is 0.244 e. The van der Waals surface area contributed by atoms with Crippen LogP contribution in [0.25, 0.3) is 0 Å². The second kappa shape index (κ2) is 4.05. The fourth-order valence-corrected chi connectivity index (χ4v) is 2.49. The van der Waals surface area contributed by atoms with E-state index in [1.165, 1.54) is 0 Å². The van der Waals surface area contributed by atoms with Crippen LogP contribution in [0, 0.1) is 0 Å². The first kappa shape index (κ1) is 11.4. The Kier molecular flexibility index (Phi) is 2.88. The molecule has 1 atom stereocenters. The molecule has 0 radical (unpaired) electrons. The molecule has 3 N–H and O–H groups in total. The van der Waals surface area contributed by atoms with Gasteiger partial charge in [0.2, 0.25) is 11.8 Å². The van der Waals surface area contributed by atoms with E-state index >= 15 is 0 Å². The number of carbonyl (C=O) groups excluding carboxylic acids is 2. The highest BCUT2D eigenvalue weighted by Gasteiger charge is 2.40. The number of likely N-dealkylation sites (N-methyl/N-ethyl adjacent to an activating group) is 1. The molecule has 16 heavy (non-hydrogen) atoms. The highest BCUT2D eigenvalue weighted by molar-refractivity contribution is 5.92. The minimum absolute atomic E-state index is 0.00468. The predicted molar refractivity (Wildman–Crippen MR) is 59.6 cm³/mol. The topological polar surface area (TPSA) is 75.4 Å². The van der Waals surface area contributed by atoms with Crippen LogP contribution in [0.2, 0.25) is 0 Å². The van der Waals surface area contributed by atoms with Gasteiger partial charge in [-0.25, -0.2) is 0 Å². The van der Waals surface area contributed by atoms with Crippen LogP contribution in [0.1, 0.15) is 32.1 Å². The highest BCUT2D eigenvalue weighted by Crippen LogP contribution is 2.27. The average molecular weight is 225 g/mol. The molecule has 5 nitrogen and oxygen atoms in total. The van der Waals surface area contributed by atoms with Gasteiger partial charge in [-0.1, -0.05) is 12.8 Å². The molecule has 1 aliphatic heterocycles. The molecule has 5 heteroatoms. The van der Waals surface area contributed by atoms with E-state index in [2.05, 4.69) is 5.32 Å². The van der Waals surface area contributed by atoms with Crippen molar-refractivity contribution in [1.82, 2.24) is 10.2 Å². The molecular weight excluding hydrogens is 206 g/mol. The molecule has 0 aromatic heterocycles. The van der Waals surface area contributed by atoms with E-state index in [-0.39, 0.29) is 17.9 Å². The molecule has 0 aromatic carbocycles. The van der Waals surface area contributed by atoms with Crippen molar-refractivity contribution >= 4 is 11.8 Å². The van der Waals surface area contributed by atoms with Crippen LogP contribution >= 0.6 is 0 Å². The number of rotatable bonds is 2. The van der Waals surface area contributed by atoms with Crippen molar-refractivity contribution in [3.8, 4) is 0 Å². The number of nitrogens with one attached hydrogen (secondary N) is 1. The van der Waals surface area contributed by atoms with Crippen LogP contribution in [0.5, 0.6) is 0 Å². The zero-order chi connectivity index (χ0) is 11.8. The minimum Gasteiger partial charge on any atom is -0.344 e. The molecular formula is C11H19N3O2. The molecule has 2 rings (SSSR count). The summed E-state index contributed by atoms with van der Waals surface area (Å²) in [7, 11) is 1.75. The van der Waals surface area contributed by atoms with Crippen molar-refractivity contribution in [1.29, 1.82) is 0 Å². The van der Waals surface area contributed by atoms with Crippen molar-refractivity contribution in [2.24, 2.45) is 5.73 Å². The summed E-state index contributed by atoms with van der Waals surface area (Å²) >= 11 is 0. The van der Waals surface area contributed by atoms with E-state index in [9.17, 15) is 9.59 Å². The molecule has 0 spiro atoms. The molecule has 1 aliphatic carbocycles. The summed E-state index contributed by atoms with van der Waals surface area (Å²) in [6.07, 6.45) is 4.16. The van der Waals surface area contributed by atoms with Crippen LogP contribution in [-0.2, 0) is 9.59 Å². The van der Waals surface area contributed by atoms with E-state index in [1.54, 1.807) is 11.9 Å². The molecule has 0 bridgehead atoms. The summed E-state index contributed by atoms with van der Waals surface area (Å²) in [5, 5.41) is 2.79. The van der Waals surface area contributed by atoms with Gasteiger partial charge in [-0.2, -0.15) is 0 Å². The summed E-state index contributed by atoms with van der Waals surface area (Å²) in [6, 6.07) is -0.362. The smallest absolute Gasteiger partial charge is 0.244 e. The lowest BCUT2D eigenvalue weighted by Crippen LogP contribution is -2.55. The zero-order valence-corrected chi connectivity index (χ0v) is 9.66. The van der Waals surface area contributed by atoms with Crippen LogP contribution in [-0.4, -0.2) is 41.9 Å². The molecule has 90 valence electrons. The Morgan fingerprint density at radius 1 is 1.50 bits per heavy atom. The van der Waals surface area contributed by atoms with E-state index in [1.807, 2.05) is 0 Å². The second-order valence-electron chi connectivity index (χ2n) is 4.94. The van der Waals surface area contributed by atoms with E-state index < -0.39 is 5.54 Å². The third kappa shape index (κ3) is 1.91. The lowest BCUT2D eigenvalue weighted by Gasteiger charge is -2.24. The highest BCUT2D eigenvalue weighted by atomic mass is 16.2. The van der Waals surface area contributed by atoms with Crippen molar-refractivity contribution in [3.63, 3.8) is 0 Å². The van der Waals surface area contributed by atoms with Gasteiger partial charge in [0, 0.05) is 13.6 Å². The average Bonchev–Trinajstić information content (AvgIpc) is 2.81. The monoisotopic (exact) mass is 225 g/mol. The number of hydrogen-bond donors (Lipinski definition) is 2. The van der Waals surface area contributed by atoms with Gasteiger partial charge < -0.3 is 16.0 Å². The van der Waals surface area contributed by atoms with E-state index in [0.717, 1.165) is 25.7 Å². The number of likely N-dealkylation sites (tertiary alicyclic amines) is 1. The molecule has 2 aliphatic rings. The first-order chi connectivity index (χ1) is 7.53. The quantitative estimate of drug-likeness (QED) is 0.671. The lowest BCUT2D eigenvalue weighted by molar-refractivity contribution is -0.133. The summed E-state index contributed by atoms with van der Waals surface area (Å²) in [6.45, 7) is 0.710. The van der Waals surface area contributed by atoms with Crippen LogP contribution in [0.3, 0.4) is 0 Å². The van der Waals surface area contributed by atoms with Gasteiger partial charge >= 0.3 is 0 Å². The Balaban J connectivity index is 1.95. The van der Waals surface area contributed by atoms with Crippen molar-refractivity contribution in [3.05, 3.63) is 0 Å². The van der Waals surface area contributed by atoms with Gasteiger partial charge in [0.15, 0.2) is 0 Å². The number of nitrogens with zero attached hydrogens (tertiary/aromatic N) is 1.